The Morgan fingerprint density at radius 3 is 0.882 bits per heavy atom. The van der Waals surface area contributed by atoms with Gasteiger partial charge in [-0.2, -0.15) is 0 Å². The van der Waals surface area contributed by atoms with Crippen LogP contribution in [-0.2, 0) is 32.5 Å². The summed E-state index contributed by atoms with van der Waals surface area (Å²) >= 11 is 0. The molecule has 0 radical (unpaired) electrons. The summed E-state index contributed by atoms with van der Waals surface area (Å²) in [6.45, 7) is 40.8. The number of nitrogens with zero attached hydrogens (tertiary/aromatic N) is 2. The van der Waals surface area contributed by atoms with Crippen molar-refractivity contribution in [3.63, 3.8) is 0 Å². The number of hydrogen-bond acceptors (Lipinski definition) is 4. The Labute approximate surface area is 448 Å². The van der Waals surface area contributed by atoms with Crippen molar-refractivity contribution in [1.29, 1.82) is 0 Å². The van der Waals surface area contributed by atoms with Gasteiger partial charge in [-0.25, -0.2) is 9.97 Å². The van der Waals surface area contributed by atoms with Gasteiger partial charge in [0.05, 0.1) is 33.8 Å². The second-order valence-electron chi connectivity index (χ2n) is 28.2. The zero-order valence-electron chi connectivity index (χ0n) is 48.1. The molecule has 3 aromatic heterocycles. The molecule has 7 aromatic rings. The van der Waals surface area contributed by atoms with E-state index in [-0.39, 0.29) is 43.3 Å². The second-order valence-corrected chi connectivity index (χ2v) is 28.2. The smallest absolute Gasteiger partial charge is 0.195 e. The van der Waals surface area contributed by atoms with Crippen LogP contribution in [0.5, 0.6) is 0 Å². The predicted molar refractivity (Wildman–Crippen MR) is 325 cm³/mol. The van der Waals surface area contributed by atoms with Crippen molar-refractivity contribution in [1.82, 2.24) is 19.9 Å². The summed E-state index contributed by atoms with van der Waals surface area (Å²) in [5.41, 5.74) is 19.4. The van der Waals surface area contributed by atoms with E-state index in [0.717, 1.165) is 72.8 Å². The van der Waals surface area contributed by atoms with Crippen LogP contribution in [0, 0.1) is 0 Å². The standard InChI is InChI=1S/C70H74N4O2/c1-65(2,3)40-26-37(27-41(32-40)66(4,5)6)56-50-22-24-52(71-50)57(38-28-42(67(7,8)9)33-43(29-38)68(10,11)12)54-35-48-61(73-54)60-59-46(63(48)75)20-19-21-47(59)64(76)49-36-55(74-62(49)60)58(53-25-23-51(56)72-53)39-30-44(69(13,14)15)34-45(31-39)70(16,17)18/h19-36,73-74H,1-18H3. The van der Waals surface area contributed by atoms with Crippen molar-refractivity contribution in [2.45, 2.75) is 157 Å². The molecule has 6 nitrogen and oxygen atoms in total. The minimum atomic E-state index is -0.169. The molecule has 0 saturated carbocycles. The third kappa shape index (κ3) is 8.47. The van der Waals surface area contributed by atoms with E-state index < -0.39 is 0 Å². The van der Waals surface area contributed by atoms with Crippen LogP contribution in [0.3, 0.4) is 0 Å². The Morgan fingerprint density at radius 1 is 0.316 bits per heavy atom. The first-order chi connectivity index (χ1) is 35.3. The molecule has 76 heavy (non-hydrogen) atoms. The number of fused-ring (bicyclic) bond motifs is 6. The maximum atomic E-state index is 15.1. The van der Waals surface area contributed by atoms with E-state index in [1.165, 1.54) is 33.4 Å². The molecule has 2 N–H and O–H groups in total. The summed E-state index contributed by atoms with van der Waals surface area (Å²) < 4.78 is 0. The lowest BCUT2D eigenvalue weighted by atomic mass is 9.78. The summed E-state index contributed by atoms with van der Waals surface area (Å²) in [6, 6.07) is 30.6. The molecule has 386 valence electrons. The average Bonchev–Trinajstić information content (AvgIpc) is 4.16. The van der Waals surface area contributed by atoms with Crippen molar-refractivity contribution >= 4 is 67.9 Å². The van der Waals surface area contributed by atoms with E-state index in [9.17, 15) is 0 Å². The third-order valence-corrected chi connectivity index (χ3v) is 16.1. The molecule has 2 aliphatic carbocycles. The Bertz CT molecular complexity index is 3860. The van der Waals surface area contributed by atoms with Gasteiger partial charge in [-0.15, -0.1) is 0 Å². The third-order valence-electron chi connectivity index (χ3n) is 16.1. The topological polar surface area (TPSA) is 91.5 Å². The molecule has 2 aliphatic heterocycles. The summed E-state index contributed by atoms with van der Waals surface area (Å²) in [5.74, 6) is 0. The van der Waals surface area contributed by atoms with Crippen LogP contribution in [0.4, 0.5) is 0 Å². The molecule has 4 aromatic carbocycles. The maximum absolute atomic E-state index is 15.1. The number of rotatable bonds is 3. The molecule has 8 bridgehead atoms. The Balaban J connectivity index is 1.42. The molecule has 0 spiro atoms. The van der Waals surface area contributed by atoms with Gasteiger partial charge in [0.15, 0.2) is 10.9 Å². The van der Waals surface area contributed by atoms with E-state index in [0.29, 0.717) is 38.1 Å². The lowest BCUT2D eigenvalue weighted by Gasteiger charge is -2.26. The molecule has 11 rings (SSSR count). The van der Waals surface area contributed by atoms with Crippen LogP contribution in [0.1, 0.15) is 181 Å². The SMILES string of the molecule is CC(C)(C)c1cc(-c2c3nc(c(-c4cc(C(C)(C)C)cc(C(C)(C)C)c4)c4cc5c(=O)c6cccc7c6-c(c5[nH]4)c4[nH]c(cc4c7=O)c(-c4cc(C(C)(C)C)cc(C(C)(C)C)c4)c4nc2C=C4)C=C3)cc(C(C)(C)C)c1. The van der Waals surface area contributed by atoms with Crippen LogP contribution >= 0.6 is 0 Å². The highest BCUT2D eigenvalue weighted by molar-refractivity contribution is 6.21. The monoisotopic (exact) mass is 1000 g/mol. The zero-order chi connectivity index (χ0) is 54.7. The molecule has 0 unspecified atom stereocenters. The highest BCUT2D eigenvalue weighted by Gasteiger charge is 2.31. The molecule has 5 heterocycles. The number of hydrogen-bond donors (Lipinski definition) is 2. The van der Waals surface area contributed by atoms with Crippen molar-refractivity contribution in [2.24, 2.45) is 0 Å². The number of H-pyrrole nitrogens is 2. The molecule has 4 aliphatic rings. The number of aromatic amines is 2. The fourth-order valence-corrected chi connectivity index (χ4v) is 11.3. The maximum Gasteiger partial charge on any atom is 0.195 e. The highest BCUT2D eigenvalue weighted by Crippen LogP contribution is 2.46. The van der Waals surface area contributed by atoms with E-state index in [2.05, 4.69) is 213 Å². The summed E-state index contributed by atoms with van der Waals surface area (Å²) in [4.78, 5) is 49.6. The fraction of sp³-hybridized carbons (Fsp3) is 0.343. The first-order valence-corrected chi connectivity index (χ1v) is 27.2. The van der Waals surface area contributed by atoms with Gasteiger partial charge in [0, 0.05) is 60.4 Å². The van der Waals surface area contributed by atoms with E-state index in [1.807, 2.05) is 30.3 Å². The average molecular weight is 1000 g/mol. The minimum absolute atomic E-state index is 0.119. The summed E-state index contributed by atoms with van der Waals surface area (Å²) in [6.07, 6.45) is 8.60. The van der Waals surface area contributed by atoms with Gasteiger partial charge in [-0.3, -0.25) is 9.59 Å². The first-order valence-electron chi connectivity index (χ1n) is 27.2. The lowest BCUT2D eigenvalue weighted by Crippen LogP contribution is -2.16. The number of nitrogens with one attached hydrogen (secondary N) is 2. The number of aromatic nitrogens is 4. The minimum Gasteiger partial charge on any atom is -0.354 e. The van der Waals surface area contributed by atoms with Crippen molar-refractivity contribution in [3.05, 3.63) is 162 Å². The van der Waals surface area contributed by atoms with E-state index >= 15 is 9.59 Å². The quantitative estimate of drug-likeness (QED) is 0.184. The summed E-state index contributed by atoms with van der Waals surface area (Å²) in [5, 5.41) is 2.15. The van der Waals surface area contributed by atoms with Crippen LogP contribution < -0.4 is 10.9 Å². The lowest BCUT2D eigenvalue weighted by molar-refractivity contribution is 0.568. The second kappa shape index (κ2) is 16.7. The molecule has 0 fully saturated rings. The van der Waals surface area contributed by atoms with E-state index in [4.69, 9.17) is 9.97 Å². The molecule has 0 saturated heterocycles. The van der Waals surface area contributed by atoms with Gasteiger partial charge < -0.3 is 9.97 Å². The van der Waals surface area contributed by atoms with Gasteiger partial charge in [0.2, 0.25) is 0 Å². The molecule has 0 atom stereocenters. The van der Waals surface area contributed by atoms with Gasteiger partial charge in [0.1, 0.15) is 0 Å². The predicted octanol–water partition coefficient (Wildman–Crippen LogP) is 17.9. The van der Waals surface area contributed by atoms with Crippen LogP contribution in [0.2, 0.25) is 0 Å². The summed E-state index contributed by atoms with van der Waals surface area (Å²) in [7, 11) is 0. The van der Waals surface area contributed by atoms with Crippen LogP contribution in [-0.4, -0.2) is 19.9 Å². The van der Waals surface area contributed by atoms with Gasteiger partial charge in [0.25, 0.3) is 0 Å². The van der Waals surface area contributed by atoms with Gasteiger partial charge >= 0.3 is 0 Å². The van der Waals surface area contributed by atoms with Gasteiger partial charge in [-0.05, 0) is 119 Å². The normalized spacial score (nSPS) is 13.9. The van der Waals surface area contributed by atoms with Gasteiger partial charge in [-0.1, -0.05) is 197 Å². The molecular weight excluding hydrogens is 929 g/mol. The zero-order valence-corrected chi connectivity index (χ0v) is 48.1. The molecule has 6 heteroatoms. The van der Waals surface area contributed by atoms with Crippen molar-refractivity contribution < 1.29 is 0 Å². The number of benzene rings is 6. The molecule has 0 amide bonds. The van der Waals surface area contributed by atoms with Crippen LogP contribution in [0.15, 0.2) is 94.5 Å². The highest BCUT2D eigenvalue weighted by atomic mass is 16.1. The van der Waals surface area contributed by atoms with Crippen molar-refractivity contribution in [3.8, 4) is 44.5 Å². The Hall–Kier alpha value is -7.18. The van der Waals surface area contributed by atoms with Crippen molar-refractivity contribution in [2.75, 3.05) is 0 Å². The van der Waals surface area contributed by atoms with Crippen LogP contribution in [0.25, 0.3) is 112 Å². The largest absolute Gasteiger partial charge is 0.354 e. The van der Waals surface area contributed by atoms with E-state index in [1.54, 1.807) is 0 Å². The first kappa shape index (κ1) is 51.0. The molecular formula is C70H74N4O2. The fourth-order valence-electron chi connectivity index (χ4n) is 11.3. The Morgan fingerprint density at radius 2 is 0.592 bits per heavy atom. The Kier molecular flexibility index (Phi) is 11.2.